The van der Waals surface area contributed by atoms with Gasteiger partial charge in [-0.25, -0.2) is 15.8 Å². The molecule has 0 saturated heterocycles. The van der Waals surface area contributed by atoms with Crippen molar-refractivity contribution < 1.29 is 4.74 Å². The van der Waals surface area contributed by atoms with Gasteiger partial charge in [-0.3, -0.25) is 0 Å². The molecule has 0 unspecified atom stereocenters. The second kappa shape index (κ2) is 6.11. The number of ether oxygens (including phenoxy) is 1. The van der Waals surface area contributed by atoms with Crippen molar-refractivity contribution in [3.05, 3.63) is 12.4 Å². The topological polar surface area (TPSA) is 85.1 Å². The van der Waals surface area contributed by atoms with Gasteiger partial charge >= 0.3 is 0 Å². The van der Waals surface area contributed by atoms with Crippen LogP contribution in [0.4, 0.5) is 11.6 Å². The quantitative estimate of drug-likeness (QED) is 0.343. The standard InChI is InChI=1S/C8H15N5O/c1-14-4-2-3-10-7-5-8(13-9)12-6-11-7/h5-6H,2-4,9H2,1H3,(H2,10,11,12,13). The highest BCUT2D eigenvalue weighted by Gasteiger charge is 1.95. The van der Waals surface area contributed by atoms with E-state index in [1.807, 2.05) is 0 Å². The third kappa shape index (κ3) is 3.55. The van der Waals surface area contributed by atoms with Gasteiger partial charge in [0.05, 0.1) is 0 Å². The smallest absolute Gasteiger partial charge is 0.145 e. The molecule has 78 valence electrons. The van der Waals surface area contributed by atoms with Crippen LogP contribution in [-0.2, 0) is 4.74 Å². The Hall–Kier alpha value is -1.40. The lowest BCUT2D eigenvalue weighted by atomic mass is 10.4. The molecule has 6 nitrogen and oxygen atoms in total. The molecule has 0 spiro atoms. The van der Waals surface area contributed by atoms with Gasteiger partial charge in [-0.05, 0) is 6.42 Å². The van der Waals surface area contributed by atoms with E-state index in [4.69, 9.17) is 10.6 Å². The lowest BCUT2D eigenvalue weighted by Crippen LogP contribution is -2.10. The fourth-order valence-electron chi connectivity index (χ4n) is 0.966. The highest BCUT2D eigenvalue weighted by Crippen LogP contribution is 2.06. The van der Waals surface area contributed by atoms with Crippen LogP contribution in [0.25, 0.3) is 0 Å². The second-order valence-electron chi connectivity index (χ2n) is 2.71. The zero-order valence-electron chi connectivity index (χ0n) is 8.16. The van der Waals surface area contributed by atoms with Crippen LogP contribution in [0.5, 0.6) is 0 Å². The lowest BCUT2D eigenvalue weighted by Gasteiger charge is -2.05. The Morgan fingerprint density at radius 2 is 2.21 bits per heavy atom. The van der Waals surface area contributed by atoms with E-state index >= 15 is 0 Å². The Bertz CT molecular complexity index is 268. The van der Waals surface area contributed by atoms with E-state index in [1.165, 1.54) is 6.33 Å². The fraction of sp³-hybridized carbons (Fsp3) is 0.500. The molecule has 1 rings (SSSR count). The van der Waals surface area contributed by atoms with E-state index in [0.717, 1.165) is 25.4 Å². The number of hydrazine groups is 1. The molecule has 0 saturated carbocycles. The summed E-state index contributed by atoms with van der Waals surface area (Å²) in [5.41, 5.74) is 2.45. The van der Waals surface area contributed by atoms with Gasteiger partial charge in [0.15, 0.2) is 0 Å². The van der Waals surface area contributed by atoms with Crippen LogP contribution in [-0.4, -0.2) is 30.2 Å². The Morgan fingerprint density at radius 1 is 1.43 bits per heavy atom. The normalized spacial score (nSPS) is 9.86. The average molecular weight is 197 g/mol. The summed E-state index contributed by atoms with van der Waals surface area (Å²) in [7, 11) is 1.68. The maximum Gasteiger partial charge on any atom is 0.145 e. The van der Waals surface area contributed by atoms with Crippen molar-refractivity contribution in [1.29, 1.82) is 0 Å². The predicted octanol–water partition coefficient (Wildman–Crippen LogP) is 0.211. The van der Waals surface area contributed by atoms with Crippen LogP contribution in [0.3, 0.4) is 0 Å². The number of aromatic nitrogens is 2. The van der Waals surface area contributed by atoms with Crippen molar-refractivity contribution >= 4 is 11.6 Å². The molecule has 0 bridgehead atoms. The SMILES string of the molecule is COCCCNc1cc(NN)ncn1. The number of methoxy groups -OCH3 is 1. The third-order valence-corrected chi connectivity index (χ3v) is 1.65. The van der Waals surface area contributed by atoms with Gasteiger partial charge in [0, 0.05) is 26.3 Å². The summed E-state index contributed by atoms with van der Waals surface area (Å²) < 4.78 is 4.92. The predicted molar refractivity (Wildman–Crippen MR) is 54.8 cm³/mol. The second-order valence-corrected chi connectivity index (χ2v) is 2.71. The van der Waals surface area contributed by atoms with E-state index in [-0.39, 0.29) is 0 Å². The highest BCUT2D eigenvalue weighted by atomic mass is 16.5. The fourth-order valence-corrected chi connectivity index (χ4v) is 0.966. The highest BCUT2D eigenvalue weighted by molar-refractivity contribution is 5.45. The lowest BCUT2D eigenvalue weighted by molar-refractivity contribution is 0.198. The first-order valence-electron chi connectivity index (χ1n) is 4.38. The summed E-state index contributed by atoms with van der Waals surface area (Å²) in [5, 5.41) is 3.13. The molecule has 0 amide bonds. The Balaban J connectivity index is 2.34. The van der Waals surface area contributed by atoms with Gasteiger partial charge in [-0.1, -0.05) is 0 Å². The maximum absolute atomic E-state index is 5.21. The van der Waals surface area contributed by atoms with Crippen molar-refractivity contribution in [3.8, 4) is 0 Å². The van der Waals surface area contributed by atoms with Gasteiger partial charge in [-0.15, -0.1) is 0 Å². The maximum atomic E-state index is 5.21. The molecule has 0 radical (unpaired) electrons. The molecule has 0 atom stereocenters. The number of hydrogen-bond donors (Lipinski definition) is 3. The number of hydrogen-bond acceptors (Lipinski definition) is 6. The minimum absolute atomic E-state index is 0.592. The van der Waals surface area contributed by atoms with E-state index < -0.39 is 0 Å². The Labute approximate surface area is 82.9 Å². The van der Waals surface area contributed by atoms with E-state index in [9.17, 15) is 0 Å². The first-order chi connectivity index (χ1) is 6.86. The first kappa shape index (κ1) is 10.7. The monoisotopic (exact) mass is 197 g/mol. The number of nitrogens with zero attached hydrogens (tertiary/aromatic N) is 2. The van der Waals surface area contributed by atoms with Crippen LogP contribution in [0, 0.1) is 0 Å². The molecule has 0 aliphatic carbocycles. The molecule has 0 aromatic carbocycles. The van der Waals surface area contributed by atoms with Gasteiger partial charge in [0.2, 0.25) is 0 Å². The van der Waals surface area contributed by atoms with Gasteiger partial charge in [0.1, 0.15) is 18.0 Å². The first-order valence-corrected chi connectivity index (χ1v) is 4.38. The number of rotatable bonds is 6. The van der Waals surface area contributed by atoms with Crippen LogP contribution >= 0.6 is 0 Å². The molecule has 0 aliphatic rings. The summed E-state index contributed by atoms with van der Waals surface area (Å²) in [4.78, 5) is 7.92. The van der Waals surface area contributed by atoms with Crippen LogP contribution in [0.15, 0.2) is 12.4 Å². The zero-order valence-corrected chi connectivity index (χ0v) is 8.16. The van der Waals surface area contributed by atoms with Crippen LogP contribution in [0.2, 0.25) is 0 Å². The van der Waals surface area contributed by atoms with Crippen molar-refractivity contribution in [2.24, 2.45) is 5.84 Å². The largest absolute Gasteiger partial charge is 0.385 e. The summed E-state index contributed by atoms with van der Waals surface area (Å²) in [6.45, 7) is 1.55. The van der Waals surface area contributed by atoms with Gasteiger partial charge in [0.25, 0.3) is 0 Å². The van der Waals surface area contributed by atoms with E-state index in [0.29, 0.717) is 5.82 Å². The molecule has 6 heteroatoms. The summed E-state index contributed by atoms with van der Waals surface area (Å²) in [6.07, 6.45) is 2.39. The molecule has 4 N–H and O–H groups in total. The average Bonchev–Trinajstić information content (AvgIpc) is 2.25. The van der Waals surface area contributed by atoms with Crippen LogP contribution in [0.1, 0.15) is 6.42 Å². The molecule has 1 aromatic rings. The zero-order chi connectivity index (χ0) is 10.2. The van der Waals surface area contributed by atoms with Crippen molar-refractivity contribution in [1.82, 2.24) is 9.97 Å². The van der Waals surface area contributed by atoms with Crippen LogP contribution < -0.4 is 16.6 Å². The van der Waals surface area contributed by atoms with Gasteiger partial charge < -0.3 is 15.5 Å². The molecule has 1 aromatic heterocycles. The van der Waals surface area contributed by atoms with E-state index in [1.54, 1.807) is 13.2 Å². The minimum atomic E-state index is 0.592. The Kier molecular flexibility index (Phi) is 4.66. The molecule has 14 heavy (non-hydrogen) atoms. The summed E-state index contributed by atoms with van der Waals surface area (Å²) in [6, 6.07) is 1.74. The molecular weight excluding hydrogens is 182 g/mol. The molecule has 1 heterocycles. The summed E-state index contributed by atoms with van der Waals surface area (Å²) in [5.74, 6) is 6.55. The Morgan fingerprint density at radius 3 is 2.93 bits per heavy atom. The molecule has 0 aliphatic heterocycles. The number of anilines is 2. The molecule has 0 fully saturated rings. The molecular formula is C8H15N5O. The van der Waals surface area contributed by atoms with E-state index in [2.05, 4.69) is 20.7 Å². The van der Waals surface area contributed by atoms with Crippen molar-refractivity contribution in [2.45, 2.75) is 6.42 Å². The number of nitrogens with one attached hydrogen (secondary N) is 2. The van der Waals surface area contributed by atoms with Crippen molar-refractivity contribution in [2.75, 3.05) is 31.0 Å². The number of nitrogen functional groups attached to an aromatic ring is 1. The third-order valence-electron chi connectivity index (χ3n) is 1.65. The van der Waals surface area contributed by atoms with Gasteiger partial charge in [-0.2, -0.15) is 0 Å². The summed E-state index contributed by atoms with van der Waals surface area (Å²) >= 11 is 0. The number of nitrogens with two attached hydrogens (primary N) is 1. The van der Waals surface area contributed by atoms with Crippen molar-refractivity contribution in [3.63, 3.8) is 0 Å². The minimum Gasteiger partial charge on any atom is -0.385 e.